The number of hydrogen-bond acceptors (Lipinski definition) is 6. The third kappa shape index (κ3) is 4.11. The van der Waals surface area contributed by atoms with Crippen LogP contribution >= 0.6 is 23.1 Å². The average molecular weight is 460 g/mol. The molecule has 3 heterocycles. The Hall–Kier alpha value is -3.23. The predicted octanol–water partition coefficient (Wildman–Crippen LogP) is 5.74. The molecule has 0 fully saturated rings. The van der Waals surface area contributed by atoms with Gasteiger partial charge in [0.25, 0.3) is 0 Å². The molecule has 3 aromatic heterocycles. The number of thioether (sulfide) groups is 1. The molecule has 0 bridgehead atoms. The molecule has 160 valence electrons. The molecule has 2 aromatic carbocycles. The van der Waals surface area contributed by atoms with Crippen molar-refractivity contribution in [3.63, 3.8) is 0 Å². The van der Waals surface area contributed by atoms with E-state index in [4.69, 9.17) is 0 Å². The number of hydrogen-bond donors (Lipinski definition) is 1. The number of aromatic nitrogens is 4. The lowest BCUT2D eigenvalue weighted by atomic mass is 10.1. The lowest BCUT2D eigenvalue weighted by Gasteiger charge is -2.07. The fourth-order valence-electron chi connectivity index (χ4n) is 3.57. The first-order chi connectivity index (χ1) is 15.6. The zero-order chi connectivity index (χ0) is 22.1. The third-order valence-electron chi connectivity index (χ3n) is 5.23. The van der Waals surface area contributed by atoms with E-state index in [1.807, 2.05) is 35.7 Å². The second-order valence-electron chi connectivity index (χ2n) is 7.57. The molecule has 0 aliphatic heterocycles. The van der Waals surface area contributed by atoms with Crippen molar-refractivity contribution in [2.24, 2.45) is 0 Å². The van der Waals surface area contributed by atoms with E-state index in [9.17, 15) is 4.79 Å². The zero-order valence-electron chi connectivity index (χ0n) is 17.7. The van der Waals surface area contributed by atoms with Gasteiger partial charge in [0.15, 0.2) is 15.9 Å². The van der Waals surface area contributed by atoms with Gasteiger partial charge in [0.05, 0.1) is 11.2 Å². The summed E-state index contributed by atoms with van der Waals surface area (Å²) in [5.41, 5.74) is 6.19. The maximum absolute atomic E-state index is 12.5. The molecule has 0 spiro atoms. The van der Waals surface area contributed by atoms with Crippen molar-refractivity contribution in [3.05, 3.63) is 71.1 Å². The van der Waals surface area contributed by atoms with Crippen LogP contribution in [0.5, 0.6) is 0 Å². The molecule has 0 saturated carbocycles. The summed E-state index contributed by atoms with van der Waals surface area (Å²) < 4.78 is 2.06. The van der Waals surface area contributed by atoms with E-state index in [1.165, 1.54) is 39.6 Å². The second kappa shape index (κ2) is 8.72. The highest BCUT2D eigenvalue weighted by Crippen LogP contribution is 2.27. The van der Waals surface area contributed by atoms with Crippen LogP contribution in [-0.4, -0.2) is 31.2 Å². The molecule has 0 aliphatic rings. The van der Waals surface area contributed by atoms with E-state index in [0.29, 0.717) is 17.3 Å². The number of thiazole rings is 1. The van der Waals surface area contributed by atoms with Crippen molar-refractivity contribution >= 4 is 50.7 Å². The number of nitrogens with zero attached hydrogens (tertiary/aromatic N) is 4. The van der Waals surface area contributed by atoms with Crippen LogP contribution in [0.1, 0.15) is 17.5 Å². The Morgan fingerprint density at radius 2 is 1.91 bits per heavy atom. The normalized spacial score (nSPS) is 11.3. The Kier molecular flexibility index (Phi) is 5.63. The average Bonchev–Trinajstić information content (AvgIpc) is 3.42. The van der Waals surface area contributed by atoms with Crippen LogP contribution < -0.4 is 5.32 Å². The van der Waals surface area contributed by atoms with Gasteiger partial charge < -0.3 is 5.32 Å². The summed E-state index contributed by atoms with van der Waals surface area (Å²) in [6.07, 6.45) is 0.364. The van der Waals surface area contributed by atoms with Gasteiger partial charge >= 0.3 is 0 Å². The van der Waals surface area contributed by atoms with Gasteiger partial charge in [0.1, 0.15) is 0 Å². The Morgan fingerprint density at radius 3 is 2.75 bits per heavy atom. The van der Waals surface area contributed by atoms with Crippen molar-refractivity contribution in [1.29, 1.82) is 0 Å². The van der Waals surface area contributed by atoms with Crippen LogP contribution in [0.15, 0.2) is 65.1 Å². The van der Waals surface area contributed by atoms with Gasteiger partial charge in [-0.3, -0.25) is 9.20 Å². The molecular weight excluding hydrogens is 438 g/mol. The van der Waals surface area contributed by atoms with Gasteiger partial charge in [-0.25, -0.2) is 4.98 Å². The van der Waals surface area contributed by atoms with Gasteiger partial charge in [-0.15, -0.1) is 21.5 Å². The topological polar surface area (TPSA) is 72.2 Å². The van der Waals surface area contributed by atoms with Crippen molar-refractivity contribution in [3.8, 4) is 11.3 Å². The number of pyridine rings is 1. The third-order valence-corrected chi connectivity index (χ3v) is 6.92. The van der Waals surface area contributed by atoms with Crippen LogP contribution in [0.2, 0.25) is 0 Å². The molecular formula is C24H21N5OS2. The van der Waals surface area contributed by atoms with Crippen molar-refractivity contribution in [2.75, 3.05) is 11.1 Å². The first kappa shape index (κ1) is 20.7. The molecule has 32 heavy (non-hydrogen) atoms. The minimum absolute atomic E-state index is 0.0585. The van der Waals surface area contributed by atoms with E-state index in [0.717, 1.165) is 27.6 Å². The minimum Gasteiger partial charge on any atom is -0.302 e. The number of benzene rings is 2. The number of carbonyl (C=O) groups is 1. The van der Waals surface area contributed by atoms with Gasteiger partial charge in [-0.1, -0.05) is 59.8 Å². The van der Waals surface area contributed by atoms with Crippen LogP contribution in [0.25, 0.3) is 27.8 Å². The van der Waals surface area contributed by atoms with Crippen molar-refractivity contribution < 1.29 is 4.79 Å². The lowest BCUT2D eigenvalue weighted by molar-refractivity contribution is -0.115. The number of rotatable bonds is 6. The molecule has 6 nitrogen and oxygen atoms in total. The number of fused-ring (bicyclic) bond motifs is 3. The van der Waals surface area contributed by atoms with Crippen molar-refractivity contribution in [2.45, 2.75) is 25.4 Å². The highest BCUT2D eigenvalue weighted by molar-refractivity contribution is 7.99. The van der Waals surface area contributed by atoms with E-state index < -0.39 is 0 Å². The fraction of sp³-hybridized carbons (Fsp3) is 0.167. The Balaban J connectivity index is 1.24. The number of aryl methyl sites for hydroxylation is 2. The maximum atomic E-state index is 12.5. The smallest absolute Gasteiger partial charge is 0.226 e. The first-order valence-corrected chi connectivity index (χ1v) is 12.1. The highest BCUT2D eigenvalue weighted by atomic mass is 32.2. The second-order valence-corrected chi connectivity index (χ2v) is 9.49. The minimum atomic E-state index is -0.0585. The van der Waals surface area contributed by atoms with Crippen LogP contribution in [-0.2, 0) is 4.79 Å². The Bertz CT molecular complexity index is 1420. The van der Waals surface area contributed by atoms with Gasteiger partial charge in [-0.2, -0.15) is 0 Å². The number of nitrogens with one attached hydrogen (secondary N) is 1. The van der Waals surface area contributed by atoms with Gasteiger partial charge in [0, 0.05) is 28.5 Å². The Morgan fingerprint density at radius 1 is 1.09 bits per heavy atom. The largest absolute Gasteiger partial charge is 0.302 e. The zero-order valence-corrected chi connectivity index (χ0v) is 19.3. The molecule has 5 aromatic rings. The molecule has 8 heteroatoms. The molecule has 0 radical (unpaired) electrons. The SMILES string of the molecule is Cc1ccc(-c2csc(NC(=O)CCSc3nnc4cc(C)c5ccccc5n34)n2)cc1. The first-order valence-electron chi connectivity index (χ1n) is 10.3. The monoisotopic (exact) mass is 459 g/mol. The van der Waals surface area contributed by atoms with E-state index in [2.05, 4.69) is 63.0 Å². The standard InChI is InChI=1S/C24H21N5OS2/c1-15-7-9-17(10-8-15)19-14-32-23(25-19)26-22(30)11-12-31-24-28-27-21-13-16(2)18-5-3-4-6-20(18)29(21)24/h3-10,13-14H,11-12H2,1-2H3,(H,25,26,30). The van der Waals surface area contributed by atoms with Crippen LogP contribution in [0, 0.1) is 13.8 Å². The highest BCUT2D eigenvalue weighted by Gasteiger charge is 2.13. The van der Waals surface area contributed by atoms with Crippen molar-refractivity contribution in [1.82, 2.24) is 19.6 Å². The quantitative estimate of drug-likeness (QED) is 0.328. The molecule has 0 saturated heterocycles. The number of anilines is 1. The van der Waals surface area contributed by atoms with Crippen LogP contribution in [0.3, 0.4) is 0 Å². The number of para-hydroxylation sites is 1. The van der Waals surface area contributed by atoms with E-state index in [1.54, 1.807) is 0 Å². The summed E-state index contributed by atoms with van der Waals surface area (Å²) in [5.74, 6) is 0.544. The molecule has 0 atom stereocenters. The summed E-state index contributed by atoms with van der Waals surface area (Å²) in [6, 6.07) is 18.5. The summed E-state index contributed by atoms with van der Waals surface area (Å²) in [4.78, 5) is 17.0. The summed E-state index contributed by atoms with van der Waals surface area (Å²) >= 11 is 2.97. The van der Waals surface area contributed by atoms with E-state index in [-0.39, 0.29) is 5.91 Å². The van der Waals surface area contributed by atoms with E-state index >= 15 is 0 Å². The summed E-state index contributed by atoms with van der Waals surface area (Å²) in [6.45, 7) is 4.14. The molecule has 1 N–H and O–H groups in total. The maximum Gasteiger partial charge on any atom is 0.226 e. The lowest BCUT2D eigenvalue weighted by Crippen LogP contribution is -2.12. The molecule has 1 amide bonds. The van der Waals surface area contributed by atoms with Gasteiger partial charge in [-0.05, 0) is 31.5 Å². The number of carbonyl (C=O) groups excluding carboxylic acids is 1. The predicted molar refractivity (Wildman–Crippen MR) is 131 cm³/mol. The molecule has 5 rings (SSSR count). The fourth-order valence-corrected chi connectivity index (χ4v) is 5.20. The molecule has 0 unspecified atom stereocenters. The Labute approximate surface area is 193 Å². The summed E-state index contributed by atoms with van der Waals surface area (Å²) in [7, 11) is 0. The number of amides is 1. The summed E-state index contributed by atoms with van der Waals surface area (Å²) in [5, 5.41) is 16.1. The van der Waals surface area contributed by atoms with Crippen LogP contribution in [0.4, 0.5) is 5.13 Å². The molecule has 0 aliphatic carbocycles. The van der Waals surface area contributed by atoms with Gasteiger partial charge in [0.2, 0.25) is 5.91 Å².